The second kappa shape index (κ2) is 6.33. The predicted octanol–water partition coefficient (Wildman–Crippen LogP) is 2.32. The Bertz CT molecular complexity index is 539. The fourth-order valence-electron chi connectivity index (χ4n) is 1.81. The minimum absolute atomic E-state index is 0.121. The molecule has 1 aromatic carbocycles. The maximum Gasteiger partial charge on any atom is 0.223 e. The number of thiazole rings is 1. The van der Waals surface area contributed by atoms with Crippen LogP contribution in [0.5, 0.6) is 0 Å². The smallest absolute Gasteiger partial charge is 0.223 e. The lowest BCUT2D eigenvalue weighted by atomic mass is 10.2. The molecule has 0 spiro atoms. The molecule has 2 N–H and O–H groups in total. The van der Waals surface area contributed by atoms with Gasteiger partial charge in [0, 0.05) is 25.4 Å². The molecule has 0 aliphatic heterocycles. The van der Waals surface area contributed by atoms with Crippen LogP contribution in [0.4, 0.5) is 5.13 Å². The number of nitrogens with zero attached hydrogens (tertiary/aromatic N) is 2. The quantitative estimate of drug-likeness (QED) is 0.911. The van der Waals surface area contributed by atoms with E-state index in [1.807, 2.05) is 42.8 Å². The van der Waals surface area contributed by atoms with Crippen molar-refractivity contribution in [3.8, 4) is 0 Å². The topological polar surface area (TPSA) is 59.2 Å². The van der Waals surface area contributed by atoms with E-state index in [0.29, 0.717) is 24.5 Å². The third kappa shape index (κ3) is 4.06. The highest BCUT2D eigenvalue weighted by molar-refractivity contribution is 7.13. The van der Waals surface area contributed by atoms with Gasteiger partial charge in [0.05, 0.1) is 5.69 Å². The summed E-state index contributed by atoms with van der Waals surface area (Å²) in [5.41, 5.74) is 7.59. The molecule has 2 aromatic rings. The molecule has 0 saturated heterocycles. The Morgan fingerprint density at radius 3 is 2.74 bits per heavy atom. The zero-order chi connectivity index (χ0) is 13.7. The van der Waals surface area contributed by atoms with Crippen LogP contribution in [0.1, 0.15) is 17.7 Å². The van der Waals surface area contributed by atoms with Crippen LogP contribution < -0.4 is 5.73 Å². The van der Waals surface area contributed by atoms with Crippen molar-refractivity contribution in [3.05, 3.63) is 47.0 Å². The number of nitrogen functional groups attached to an aromatic ring is 1. The van der Waals surface area contributed by atoms with Gasteiger partial charge >= 0.3 is 0 Å². The van der Waals surface area contributed by atoms with Crippen LogP contribution in [0.25, 0.3) is 0 Å². The van der Waals surface area contributed by atoms with E-state index >= 15 is 0 Å². The van der Waals surface area contributed by atoms with Crippen molar-refractivity contribution in [2.45, 2.75) is 19.4 Å². The van der Waals surface area contributed by atoms with Gasteiger partial charge in [0.2, 0.25) is 5.91 Å². The molecule has 0 radical (unpaired) electrons. The average Bonchev–Trinajstić information content (AvgIpc) is 2.83. The lowest BCUT2D eigenvalue weighted by molar-refractivity contribution is -0.130. The Morgan fingerprint density at radius 2 is 2.11 bits per heavy atom. The SMILES string of the molecule is CN(Cc1ccccc1)C(=O)CCc1csc(N)n1. The van der Waals surface area contributed by atoms with Crippen LogP contribution in [0.15, 0.2) is 35.7 Å². The molecular formula is C14H17N3OS. The second-order valence-corrected chi connectivity index (χ2v) is 5.30. The number of benzene rings is 1. The number of rotatable bonds is 5. The van der Waals surface area contributed by atoms with Crippen molar-refractivity contribution in [1.29, 1.82) is 0 Å². The summed E-state index contributed by atoms with van der Waals surface area (Å²) < 4.78 is 0. The summed E-state index contributed by atoms with van der Waals surface area (Å²) in [6, 6.07) is 9.96. The van der Waals surface area contributed by atoms with E-state index in [1.165, 1.54) is 11.3 Å². The molecule has 19 heavy (non-hydrogen) atoms. The zero-order valence-corrected chi connectivity index (χ0v) is 11.7. The number of carbonyl (C=O) groups is 1. The van der Waals surface area contributed by atoms with Crippen molar-refractivity contribution in [3.63, 3.8) is 0 Å². The summed E-state index contributed by atoms with van der Waals surface area (Å²) in [5, 5.41) is 2.46. The van der Waals surface area contributed by atoms with Gasteiger partial charge < -0.3 is 10.6 Å². The highest BCUT2D eigenvalue weighted by Gasteiger charge is 2.10. The number of anilines is 1. The molecule has 0 atom stereocenters. The summed E-state index contributed by atoms with van der Waals surface area (Å²) in [6.07, 6.45) is 1.11. The highest BCUT2D eigenvalue weighted by atomic mass is 32.1. The van der Waals surface area contributed by atoms with Gasteiger partial charge in [0.1, 0.15) is 0 Å². The van der Waals surface area contributed by atoms with Gasteiger partial charge in [-0.1, -0.05) is 30.3 Å². The molecule has 0 saturated carbocycles. The Labute approximate surface area is 116 Å². The van der Waals surface area contributed by atoms with Crippen molar-refractivity contribution in [1.82, 2.24) is 9.88 Å². The lowest BCUT2D eigenvalue weighted by Gasteiger charge is -2.16. The fourth-order valence-corrected chi connectivity index (χ4v) is 2.41. The van der Waals surface area contributed by atoms with E-state index in [0.717, 1.165) is 11.3 Å². The van der Waals surface area contributed by atoms with E-state index in [1.54, 1.807) is 4.90 Å². The Balaban J connectivity index is 1.82. The number of amides is 1. The van der Waals surface area contributed by atoms with Crippen molar-refractivity contribution >= 4 is 22.4 Å². The number of carbonyl (C=O) groups excluding carboxylic acids is 1. The average molecular weight is 275 g/mol. The van der Waals surface area contributed by atoms with Crippen LogP contribution in [0.3, 0.4) is 0 Å². The van der Waals surface area contributed by atoms with E-state index in [4.69, 9.17) is 5.73 Å². The Hall–Kier alpha value is -1.88. The van der Waals surface area contributed by atoms with Gasteiger partial charge in [-0.25, -0.2) is 4.98 Å². The summed E-state index contributed by atoms with van der Waals surface area (Å²) >= 11 is 1.41. The Morgan fingerprint density at radius 1 is 1.37 bits per heavy atom. The molecule has 0 bridgehead atoms. The minimum atomic E-state index is 0.121. The van der Waals surface area contributed by atoms with Gasteiger partial charge in [0.25, 0.3) is 0 Å². The summed E-state index contributed by atoms with van der Waals surface area (Å²) in [4.78, 5) is 17.9. The first-order chi connectivity index (χ1) is 9.15. The van der Waals surface area contributed by atoms with Crippen LogP contribution in [-0.4, -0.2) is 22.8 Å². The molecule has 1 aromatic heterocycles. The van der Waals surface area contributed by atoms with E-state index in [9.17, 15) is 4.79 Å². The van der Waals surface area contributed by atoms with Gasteiger partial charge in [-0.05, 0) is 12.0 Å². The fraction of sp³-hybridized carbons (Fsp3) is 0.286. The molecular weight excluding hydrogens is 258 g/mol. The van der Waals surface area contributed by atoms with Gasteiger partial charge in [-0.15, -0.1) is 11.3 Å². The van der Waals surface area contributed by atoms with E-state index < -0.39 is 0 Å². The van der Waals surface area contributed by atoms with Crippen molar-refractivity contribution in [2.24, 2.45) is 0 Å². The highest BCUT2D eigenvalue weighted by Crippen LogP contribution is 2.13. The third-order valence-corrected chi connectivity index (χ3v) is 3.58. The van der Waals surface area contributed by atoms with Crippen LogP contribution in [-0.2, 0) is 17.8 Å². The Kier molecular flexibility index (Phi) is 4.52. The van der Waals surface area contributed by atoms with E-state index in [2.05, 4.69) is 4.98 Å². The maximum absolute atomic E-state index is 12.0. The first kappa shape index (κ1) is 13.5. The lowest BCUT2D eigenvalue weighted by Crippen LogP contribution is -2.26. The van der Waals surface area contributed by atoms with E-state index in [-0.39, 0.29) is 5.91 Å². The standard InChI is InChI=1S/C14H17N3OS/c1-17(9-11-5-3-2-4-6-11)13(18)8-7-12-10-19-14(15)16-12/h2-6,10H,7-9H2,1H3,(H2,15,16). The summed E-state index contributed by atoms with van der Waals surface area (Å²) in [5.74, 6) is 0.121. The largest absolute Gasteiger partial charge is 0.375 e. The van der Waals surface area contributed by atoms with Gasteiger partial charge in [-0.3, -0.25) is 4.79 Å². The molecule has 2 rings (SSSR count). The zero-order valence-electron chi connectivity index (χ0n) is 10.9. The molecule has 100 valence electrons. The third-order valence-electron chi connectivity index (χ3n) is 2.85. The monoisotopic (exact) mass is 275 g/mol. The molecule has 4 nitrogen and oxygen atoms in total. The molecule has 1 amide bonds. The molecule has 0 unspecified atom stereocenters. The predicted molar refractivity (Wildman–Crippen MR) is 77.8 cm³/mol. The molecule has 0 aliphatic rings. The van der Waals surface area contributed by atoms with Crippen LogP contribution in [0.2, 0.25) is 0 Å². The molecule has 5 heteroatoms. The number of aryl methyl sites for hydroxylation is 1. The summed E-state index contributed by atoms with van der Waals surface area (Å²) in [7, 11) is 1.82. The molecule has 1 heterocycles. The van der Waals surface area contributed by atoms with Crippen LogP contribution >= 0.6 is 11.3 Å². The molecule has 0 aliphatic carbocycles. The van der Waals surface area contributed by atoms with Crippen LogP contribution in [0, 0.1) is 0 Å². The minimum Gasteiger partial charge on any atom is -0.375 e. The number of hydrogen-bond acceptors (Lipinski definition) is 4. The second-order valence-electron chi connectivity index (χ2n) is 4.41. The number of hydrogen-bond donors (Lipinski definition) is 1. The van der Waals surface area contributed by atoms with Gasteiger partial charge in [-0.2, -0.15) is 0 Å². The maximum atomic E-state index is 12.0. The molecule has 0 fully saturated rings. The first-order valence-corrected chi connectivity index (χ1v) is 7.01. The van der Waals surface area contributed by atoms with Gasteiger partial charge in [0.15, 0.2) is 5.13 Å². The van der Waals surface area contributed by atoms with Crippen molar-refractivity contribution < 1.29 is 4.79 Å². The van der Waals surface area contributed by atoms with Crippen molar-refractivity contribution in [2.75, 3.05) is 12.8 Å². The summed E-state index contributed by atoms with van der Waals surface area (Å²) in [6.45, 7) is 0.638. The number of nitrogens with two attached hydrogens (primary N) is 1. The normalized spacial score (nSPS) is 10.4. The first-order valence-electron chi connectivity index (χ1n) is 6.13. The number of aromatic nitrogens is 1.